The highest BCUT2D eigenvalue weighted by molar-refractivity contribution is 6.31. The van der Waals surface area contributed by atoms with Crippen molar-refractivity contribution in [1.29, 1.82) is 0 Å². The number of halogens is 2. The molecule has 0 saturated carbocycles. The SMILES string of the molecule is C[C@@H](Cl)C(=O)NCC(=O)c1ccc(Cl)cc1. The maximum atomic E-state index is 11.6. The molecule has 1 amide bonds. The van der Waals surface area contributed by atoms with E-state index in [1.165, 1.54) is 0 Å². The van der Waals surface area contributed by atoms with E-state index < -0.39 is 5.38 Å². The molecule has 5 heteroatoms. The van der Waals surface area contributed by atoms with Crippen molar-refractivity contribution in [3.63, 3.8) is 0 Å². The van der Waals surface area contributed by atoms with Gasteiger partial charge in [0, 0.05) is 10.6 Å². The van der Waals surface area contributed by atoms with Gasteiger partial charge in [0.15, 0.2) is 5.78 Å². The Morgan fingerprint density at radius 3 is 2.38 bits per heavy atom. The van der Waals surface area contributed by atoms with Gasteiger partial charge in [-0.25, -0.2) is 0 Å². The van der Waals surface area contributed by atoms with Gasteiger partial charge < -0.3 is 5.32 Å². The standard InChI is InChI=1S/C11H11Cl2NO2/c1-7(12)11(16)14-6-10(15)8-2-4-9(13)5-3-8/h2-5,7H,6H2,1H3,(H,14,16)/t7-/m1/s1. The smallest absolute Gasteiger partial charge is 0.238 e. The fraction of sp³-hybridized carbons (Fsp3) is 0.273. The fourth-order valence-electron chi connectivity index (χ4n) is 1.05. The second-order valence-electron chi connectivity index (χ2n) is 3.26. The van der Waals surface area contributed by atoms with Crippen molar-refractivity contribution >= 4 is 34.9 Å². The quantitative estimate of drug-likeness (QED) is 0.666. The van der Waals surface area contributed by atoms with E-state index >= 15 is 0 Å². The Hall–Kier alpha value is -1.06. The summed E-state index contributed by atoms with van der Waals surface area (Å²) in [5, 5.41) is 2.37. The minimum atomic E-state index is -0.641. The molecule has 1 atom stereocenters. The number of hydrogen-bond donors (Lipinski definition) is 1. The topological polar surface area (TPSA) is 46.2 Å². The number of rotatable bonds is 4. The van der Waals surface area contributed by atoms with Crippen LogP contribution in [-0.2, 0) is 4.79 Å². The molecule has 86 valence electrons. The molecule has 1 aromatic carbocycles. The highest BCUT2D eigenvalue weighted by Gasteiger charge is 2.11. The number of nitrogens with one attached hydrogen (secondary N) is 1. The molecule has 0 saturated heterocycles. The second-order valence-corrected chi connectivity index (χ2v) is 4.35. The number of carbonyl (C=O) groups excluding carboxylic acids is 2. The predicted molar refractivity (Wildman–Crippen MR) is 64.1 cm³/mol. The monoisotopic (exact) mass is 259 g/mol. The van der Waals surface area contributed by atoms with Gasteiger partial charge in [-0.05, 0) is 31.2 Å². The van der Waals surface area contributed by atoms with Crippen molar-refractivity contribution in [3.05, 3.63) is 34.9 Å². The summed E-state index contributed by atoms with van der Waals surface area (Å²) in [5.41, 5.74) is 0.506. The van der Waals surface area contributed by atoms with E-state index in [2.05, 4.69) is 5.32 Å². The molecule has 16 heavy (non-hydrogen) atoms. The lowest BCUT2D eigenvalue weighted by Gasteiger charge is -2.05. The number of carbonyl (C=O) groups is 2. The van der Waals surface area contributed by atoms with Crippen LogP contribution in [0.5, 0.6) is 0 Å². The summed E-state index contributed by atoms with van der Waals surface area (Å²) in [7, 11) is 0. The molecular weight excluding hydrogens is 249 g/mol. The van der Waals surface area contributed by atoms with Crippen molar-refractivity contribution in [1.82, 2.24) is 5.32 Å². The van der Waals surface area contributed by atoms with Gasteiger partial charge >= 0.3 is 0 Å². The summed E-state index contributed by atoms with van der Waals surface area (Å²) < 4.78 is 0. The Morgan fingerprint density at radius 2 is 1.88 bits per heavy atom. The first-order valence-corrected chi connectivity index (χ1v) is 5.52. The van der Waals surface area contributed by atoms with Crippen LogP contribution in [0, 0.1) is 0 Å². The summed E-state index contributed by atoms with van der Waals surface area (Å²) in [4.78, 5) is 22.7. The zero-order chi connectivity index (χ0) is 12.1. The first-order valence-electron chi connectivity index (χ1n) is 4.71. The van der Waals surface area contributed by atoms with E-state index in [0.717, 1.165) is 0 Å². The number of alkyl halides is 1. The van der Waals surface area contributed by atoms with Crippen LogP contribution in [0.25, 0.3) is 0 Å². The molecule has 0 radical (unpaired) electrons. The molecule has 1 N–H and O–H groups in total. The van der Waals surface area contributed by atoms with Crippen LogP contribution in [0.3, 0.4) is 0 Å². The van der Waals surface area contributed by atoms with Gasteiger partial charge in [-0.15, -0.1) is 11.6 Å². The molecule has 1 aromatic rings. The molecule has 0 fully saturated rings. The lowest BCUT2D eigenvalue weighted by molar-refractivity contribution is -0.120. The molecule has 0 spiro atoms. The zero-order valence-electron chi connectivity index (χ0n) is 8.67. The lowest BCUT2D eigenvalue weighted by atomic mass is 10.1. The van der Waals surface area contributed by atoms with Crippen LogP contribution in [0.4, 0.5) is 0 Å². The molecule has 0 aromatic heterocycles. The number of amides is 1. The van der Waals surface area contributed by atoms with E-state index in [-0.39, 0.29) is 18.2 Å². The normalized spacial score (nSPS) is 11.9. The average Bonchev–Trinajstić information content (AvgIpc) is 2.26. The minimum Gasteiger partial charge on any atom is -0.347 e. The van der Waals surface area contributed by atoms with Crippen LogP contribution in [0.2, 0.25) is 5.02 Å². The highest BCUT2D eigenvalue weighted by atomic mass is 35.5. The van der Waals surface area contributed by atoms with E-state index in [0.29, 0.717) is 10.6 Å². The van der Waals surface area contributed by atoms with Crippen LogP contribution >= 0.6 is 23.2 Å². The third-order valence-electron chi connectivity index (χ3n) is 1.95. The summed E-state index contributed by atoms with van der Waals surface area (Å²) in [6.07, 6.45) is 0. The highest BCUT2D eigenvalue weighted by Crippen LogP contribution is 2.09. The van der Waals surface area contributed by atoms with Crippen molar-refractivity contribution in [2.45, 2.75) is 12.3 Å². The van der Waals surface area contributed by atoms with Crippen molar-refractivity contribution in [3.8, 4) is 0 Å². The van der Waals surface area contributed by atoms with Gasteiger partial charge in [0.1, 0.15) is 5.38 Å². The van der Waals surface area contributed by atoms with Crippen molar-refractivity contribution in [2.24, 2.45) is 0 Å². The second kappa shape index (κ2) is 5.87. The molecule has 0 heterocycles. The summed E-state index contributed by atoms with van der Waals surface area (Å²) in [6.45, 7) is 1.49. The molecule has 1 rings (SSSR count). The first kappa shape index (κ1) is 13.0. The van der Waals surface area contributed by atoms with Gasteiger partial charge in [-0.2, -0.15) is 0 Å². The Bertz CT molecular complexity index is 387. The largest absolute Gasteiger partial charge is 0.347 e. The predicted octanol–water partition coefficient (Wildman–Crippen LogP) is 2.27. The van der Waals surface area contributed by atoms with Gasteiger partial charge in [0.05, 0.1) is 6.54 Å². The fourth-order valence-corrected chi connectivity index (χ4v) is 1.25. The number of Topliss-reactive ketones (excluding diaryl/α,β-unsaturated/α-hetero) is 1. The Morgan fingerprint density at radius 1 is 1.31 bits per heavy atom. The minimum absolute atomic E-state index is 0.0580. The number of benzene rings is 1. The summed E-state index contributed by atoms with van der Waals surface area (Å²) in [5.74, 6) is -0.536. The van der Waals surface area contributed by atoms with Crippen LogP contribution in [0.15, 0.2) is 24.3 Å². The Balaban J connectivity index is 2.53. The molecule has 3 nitrogen and oxygen atoms in total. The molecule has 0 aliphatic rings. The summed E-state index contributed by atoms with van der Waals surface area (Å²) in [6, 6.07) is 6.48. The molecular formula is C11H11Cl2NO2. The molecule has 0 aliphatic carbocycles. The Labute approximate surface area is 104 Å². The van der Waals surface area contributed by atoms with Crippen molar-refractivity contribution in [2.75, 3.05) is 6.54 Å². The molecule has 0 aliphatic heterocycles. The van der Waals surface area contributed by atoms with E-state index in [9.17, 15) is 9.59 Å². The molecule has 0 unspecified atom stereocenters. The zero-order valence-corrected chi connectivity index (χ0v) is 10.2. The number of hydrogen-bond acceptors (Lipinski definition) is 2. The van der Waals surface area contributed by atoms with Crippen LogP contribution in [-0.4, -0.2) is 23.6 Å². The Kier molecular flexibility index (Phi) is 4.77. The maximum absolute atomic E-state index is 11.6. The van der Waals surface area contributed by atoms with E-state index in [1.54, 1.807) is 31.2 Å². The average molecular weight is 260 g/mol. The van der Waals surface area contributed by atoms with E-state index in [1.807, 2.05) is 0 Å². The van der Waals surface area contributed by atoms with Gasteiger partial charge in [-0.3, -0.25) is 9.59 Å². The van der Waals surface area contributed by atoms with Gasteiger partial charge in [-0.1, -0.05) is 11.6 Å². The van der Waals surface area contributed by atoms with E-state index in [4.69, 9.17) is 23.2 Å². The first-order chi connectivity index (χ1) is 7.50. The van der Waals surface area contributed by atoms with Crippen LogP contribution < -0.4 is 5.32 Å². The number of ketones is 1. The van der Waals surface area contributed by atoms with Crippen molar-refractivity contribution < 1.29 is 9.59 Å². The van der Waals surface area contributed by atoms with Crippen LogP contribution in [0.1, 0.15) is 17.3 Å². The third-order valence-corrected chi connectivity index (χ3v) is 2.40. The molecule has 0 bridgehead atoms. The van der Waals surface area contributed by atoms with Gasteiger partial charge in [0.2, 0.25) is 5.91 Å². The van der Waals surface area contributed by atoms with Gasteiger partial charge in [0.25, 0.3) is 0 Å². The maximum Gasteiger partial charge on any atom is 0.238 e. The lowest BCUT2D eigenvalue weighted by Crippen LogP contribution is -2.34. The third kappa shape index (κ3) is 3.83. The summed E-state index contributed by atoms with van der Waals surface area (Å²) >= 11 is 11.2.